The largest absolute Gasteiger partial charge is 0.356 e. The van der Waals surface area contributed by atoms with Gasteiger partial charge in [0.2, 0.25) is 0 Å². The molecule has 0 amide bonds. The third-order valence-electron chi connectivity index (χ3n) is 4.67. The molecule has 0 spiro atoms. The number of guanidine groups is 1. The number of rotatable bonds is 4. The maximum Gasteiger partial charge on any atom is 0.194 e. The second-order valence-electron chi connectivity index (χ2n) is 6.59. The highest BCUT2D eigenvalue weighted by atomic mass is 127. The zero-order valence-corrected chi connectivity index (χ0v) is 16.9. The monoisotopic (exact) mass is 421 g/mol. The fourth-order valence-electron chi connectivity index (χ4n) is 2.52. The Balaban J connectivity index is 0.00000220. The van der Waals surface area contributed by atoms with Gasteiger partial charge >= 0.3 is 0 Å². The molecule has 120 valence electrons. The first-order valence-corrected chi connectivity index (χ1v) is 8.35. The molecule has 0 unspecified atom stereocenters. The minimum absolute atomic E-state index is 0. The molecule has 0 aliphatic carbocycles. The highest BCUT2D eigenvalue weighted by Crippen LogP contribution is 2.46. The minimum Gasteiger partial charge on any atom is -0.356 e. The van der Waals surface area contributed by atoms with Crippen molar-refractivity contribution in [2.45, 2.75) is 46.6 Å². The van der Waals surface area contributed by atoms with E-state index in [-0.39, 0.29) is 29.5 Å². The highest BCUT2D eigenvalue weighted by molar-refractivity contribution is 14.0. The summed E-state index contributed by atoms with van der Waals surface area (Å²) in [5.74, 6) is 1.06. The Kier molecular flexibility index (Phi) is 6.53. The third-order valence-corrected chi connectivity index (χ3v) is 5.61. The molecule has 5 heteroatoms. The molecule has 1 saturated heterocycles. The molecule has 3 nitrogen and oxygen atoms in total. The lowest BCUT2D eigenvalue weighted by atomic mass is 9.65. The molecular weight excluding hydrogens is 393 g/mol. The molecule has 1 aromatic rings. The van der Waals surface area contributed by atoms with E-state index in [1.54, 1.807) is 0 Å². The van der Waals surface area contributed by atoms with Crippen LogP contribution >= 0.6 is 35.3 Å². The number of halogens is 1. The Morgan fingerprint density at radius 1 is 1.38 bits per heavy atom. The lowest BCUT2D eigenvalue weighted by Crippen LogP contribution is -2.72. The van der Waals surface area contributed by atoms with Crippen molar-refractivity contribution < 1.29 is 0 Å². The van der Waals surface area contributed by atoms with E-state index in [4.69, 9.17) is 4.99 Å². The molecule has 21 heavy (non-hydrogen) atoms. The molecule has 1 N–H and O–H groups in total. The van der Waals surface area contributed by atoms with Crippen molar-refractivity contribution in [3.05, 3.63) is 22.4 Å². The van der Waals surface area contributed by atoms with Crippen molar-refractivity contribution in [3.8, 4) is 0 Å². The van der Waals surface area contributed by atoms with Gasteiger partial charge in [-0.2, -0.15) is 0 Å². The summed E-state index contributed by atoms with van der Waals surface area (Å²) in [5.41, 5.74) is 0.508. The average Bonchev–Trinajstić information content (AvgIpc) is 2.88. The smallest absolute Gasteiger partial charge is 0.194 e. The SMILES string of the molecule is CCNC(=NCCc1cccs1)N1CC(C)(C)C1(C)C.I. The van der Waals surface area contributed by atoms with Crippen LogP contribution in [0.2, 0.25) is 0 Å². The lowest BCUT2D eigenvalue weighted by Gasteiger charge is -2.62. The van der Waals surface area contributed by atoms with Crippen LogP contribution in [0, 0.1) is 5.41 Å². The van der Waals surface area contributed by atoms with Crippen molar-refractivity contribution >= 4 is 41.3 Å². The Morgan fingerprint density at radius 2 is 2.10 bits per heavy atom. The molecule has 2 rings (SSSR count). The predicted octanol–water partition coefficient (Wildman–Crippen LogP) is 3.99. The van der Waals surface area contributed by atoms with Crippen LogP contribution in [0.5, 0.6) is 0 Å². The normalized spacial score (nSPS) is 19.7. The summed E-state index contributed by atoms with van der Waals surface area (Å²) < 4.78 is 0. The second kappa shape index (κ2) is 7.31. The topological polar surface area (TPSA) is 27.6 Å². The Labute approximate surface area is 150 Å². The average molecular weight is 421 g/mol. The zero-order valence-electron chi connectivity index (χ0n) is 13.8. The summed E-state index contributed by atoms with van der Waals surface area (Å²) in [5, 5.41) is 5.57. The molecule has 2 heterocycles. The van der Waals surface area contributed by atoms with Gasteiger partial charge in [0.1, 0.15) is 0 Å². The van der Waals surface area contributed by atoms with Crippen LogP contribution in [0.25, 0.3) is 0 Å². The van der Waals surface area contributed by atoms with Gasteiger partial charge in [0.05, 0.1) is 0 Å². The van der Waals surface area contributed by atoms with E-state index in [0.29, 0.717) is 5.41 Å². The van der Waals surface area contributed by atoms with Gasteiger partial charge in [-0.15, -0.1) is 35.3 Å². The van der Waals surface area contributed by atoms with Crippen molar-refractivity contribution in [1.82, 2.24) is 10.2 Å². The first-order chi connectivity index (χ1) is 9.38. The van der Waals surface area contributed by atoms with E-state index < -0.39 is 0 Å². The van der Waals surface area contributed by atoms with Crippen LogP contribution in [-0.2, 0) is 6.42 Å². The van der Waals surface area contributed by atoms with Gasteiger partial charge in [-0.25, -0.2) is 0 Å². The minimum atomic E-state index is 0. The van der Waals surface area contributed by atoms with E-state index in [0.717, 1.165) is 32.0 Å². The summed E-state index contributed by atoms with van der Waals surface area (Å²) in [7, 11) is 0. The van der Waals surface area contributed by atoms with E-state index in [1.807, 2.05) is 11.3 Å². The zero-order chi connectivity index (χ0) is 14.8. The number of likely N-dealkylation sites (tertiary alicyclic amines) is 1. The van der Waals surface area contributed by atoms with Crippen molar-refractivity contribution in [2.24, 2.45) is 10.4 Å². The van der Waals surface area contributed by atoms with Crippen molar-refractivity contribution in [3.63, 3.8) is 0 Å². The molecule has 1 aliphatic rings. The number of hydrogen-bond donors (Lipinski definition) is 1. The molecule has 0 aromatic carbocycles. The Morgan fingerprint density at radius 3 is 2.57 bits per heavy atom. The van der Waals surface area contributed by atoms with Crippen molar-refractivity contribution in [2.75, 3.05) is 19.6 Å². The van der Waals surface area contributed by atoms with Crippen LogP contribution in [0.4, 0.5) is 0 Å². The highest BCUT2D eigenvalue weighted by Gasteiger charge is 2.53. The molecule has 0 saturated carbocycles. The van der Waals surface area contributed by atoms with Gasteiger partial charge in [-0.3, -0.25) is 4.99 Å². The molecule has 0 atom stereocenters. The van der Waals surface area contributed by atoms with Crippen molar-refractivity contribution in [1.29, 1.82) is 0 Å². The molecule has 0 radical (unpaired) electrons. The fourth-order valence-corrected chi connectivity index (χ4v) is 3.22. The summed E-state index contributed by atoms with van der Waals surface area (Å²) in [6, 6.07) is 4.29. The number of nitrogens with one attached hydrogen (secondary N) is 1. The van der Waals surface area contributed by atoms with Gasteiger partial charge < -0.3 is 10.2 Å². The van der Waals surface area contributed by atoms with Gasteiger partial charge in [-0.05, 0) is 32.2 Å². The van der Waals surface area contributed by atoms with E-state index in [2.05, 4.69) is 62.3 Å². The fraction of sp³-hybridized carbons (Fsp3) is 0.688. The van der Waals surface area contributed by atoms with Gasteiger partial charge in [-0.1, -0.05) is 19.9 Å². The third kappa shape index (κ3) is 3.92. The summed E-state index contributed by atoms with van der Waals surface area (Å²) in [6.07, 6.45) is 1.03. The molecule has 1 aliphatic heterocycles. The van der Waals surface area contributed by atoms with E-state index in [1.165, 1.54) is 4.88 Å². The first-order valence-electron chi connectivity index (χ1n) is 7.47. The maximum atomic E-state index is 4.81. The van der Waals surface area contributed by atoms with Crippen LogP contribution in [0.3, 0.4) is 0 Å². The Bertz CT molecular complexity index is 466. The van der Waals surface area contributed by atoms with Crippen LogP contribution in [0.15, 0.2) is 22.5 Å². The summed E-state index contributed by atoms with van der Waals surface area (Å²) >= 11 is 1.81. The molecule has 1 aromatic heterocycles. The van der Waals surface area contributed by atoms with E-state index in [9.17, 15) is 0 Å². The number of hydrogen-bond acceptors (Lipinski definition) is 2. The van der Waals surface area contributed by atoms with Crippen LogP contribution in [-0.4, -0.2) is 36.0 Å². The number of thiophene rings is 1. The van der Waals surface area contributed by atoms with E-state index >= 15 is 0 Å². The summed E-state index contributed by atoms with van der Waals surface area (Å²) in [6.45, 7) is 14.3. The molecule has 1 fully saturated rings. The number of aliphatic imine (C=N–C) groups is 1. The van der Waals surface area contributed by atoms with Crippen LogP contribution < -0.4 is 5.32 Å². The van der Waals surface area contributed by atoms with Crippen LogP contribution in [0.1, 0.15) is 39.5 Å². The molecular formula is C16H28IN3S. The molecule has 0 bridgehead atoms. The first kappa shape index (κ1) is 18.7. The second-order valence-corrected chi connectivity index (χ2v) is 7.63. The quantitative estimate of drug-likeness (QED) is 0.452. The number of nitrogens with zero attached hydrogens (tertiary/aromatic N) is 2. The summed E-state index contributed by atoms with van der Waals surface area (Å²) in [4.78, 5) is 8.63. The lowest BCUT2D eigenvalue weighted by molar-refractivity contribution is -0.0667. The van der Waals surface area contributed by atoms with Gasteiger partial charge in [0.25, 0.3) is 0 Å². The van der Waals surface area contributed by atoms with Gasteiger partial charge in [0, 0.05) is 41.9 Å². The predicted molar refractivity (Wildman–Crippen MR) is 104 cm³/mol. The maximum absolute atomic E-state index is 4.81. The Hall–Kier alpha value is -0.300. The standard InChI is InChI=1S/C16H27N3S.HI/c1-6-17-14(18-10-9-13-8-7-11-20-13)19-12-15(2,3)16(19,4)5;/h7-8,11H,6,9-10,12H2,1-5H3,(H,17,18);1H. The van der Waals surface area contributed by atoms with Gasteiger partial charge in [0.15, 0.2) is 5.96 Å².